The van der Waals surface area contributed by atoms with Crippen LogP contribution in [-0.4, -0.2) is 25.6 Å². The number of rotatable bonds is 7. The van der Waals surface area contributed by atoms with Gasteiger partial charge < -0.3 is 10.6 Å². The third kappa shape index (κ3) is 4.23. The fourth-order valence-electron chi connectivity index (χ4n) is 1.99. The lowest BCUT2D eigenvalue weighted by atomic mass is 10.2. The number of aromatic nitrogens is 4. The van der Waals surface area contributed by atoms with Crippen molar-refractivity contribution in [2.24, 2.45) is 0 Å². The molecule has 2 N–H and O–H groups in total. The minimum Gasteiger partial charge on any atom is -0.486 e. The molecule has 0 bridgehead atoms. The van der Waals surface area contributed by atoms with Crippen LogP contribution >= 0.6 is 11.8 Å². The molecule has 2 aromatic heterocycles. The van der Waals surface area contributed by atoms with Crippen molar-refractivity contribution >= 4 is 11.8 Å². The van der Waals surface area contributed by atoms with Crippen LogP contribution in [0.5, 0.6) is 5.75 Å². The zero-order chi connectivity index (χ0) is 16.8. The SMILES string of the molecule is Nn1c(COc2ccc(F)cc2)nnc1SCCc1ccncc1. The summed E-state index contributed by atoms with van der Waals surface area (Å²) in [6, 6.07) is 9.74. The monoisotopic (exact) mass is 345 g/mol. The zero-order valence-corrected chi connectivity index (χ0v) is 13.6. The molecule has 6 nitrogen and oxygen atoms in total. The average Bonchev–Trinajstić information content (AvgIpc) is 2.96. The first-order chi connectivity index (χ1) is 11.7. The van der Waals surface area contributed by atoms with E-state index in [2.05, 4.69) is 15.2 Å². The fraction of sp³-hybridized carbons (Fsp3) is 0.188. The molecule has 0 unspecified atom stereocenters. The zero-order valence-electron chi connectivity index (χ0n) is 12.8. The molecule has 3 rings (SSSR count). The molecule has 0 spiro atoms. The minimum atomic E-state index is -0.308. The third-order valence-electron chi connectivity index (χ3n) is 3.29. The highest BCUT2D eigenvalue weighted by Crippen LogP contribution is 2.18. The molecule has 0 atom stereocenters. The third-order valence-corrected chi connectivity index (χ3v) is 4.23. The Morgan fingerprint density at radius 2 is 1.83 bits per heavy atom. The van der Waals surface area contributed by atoms with E-state index < -0.39 is 0 Å². The Balaban J connectivity index is 1.52. The Bertz CT molecular complexity index is 779. The number of hydrogen-bond acceptors (Lipinski definition) is 6. The summed E-state index contributed by atoms with van der Waals surface area (Å²) in [6.07, 6.45) is 4.44. The van der Waals surface area contributed by atoms with E-state index in [9.17, 15) is 4.39 Å². The summed E-state index contributed by atoms with van der Waals surface area (Å²) in [5.41, 5.74) is 1.21. The summed E-state index contributed by atoms with van der Waals surface area (Å²) in [5.74, 6) is 7.57. The maximum absolute atomic E-state index is 12.9. The van der Waals surface area contributed by atoms with Crippen molar-refractivity contribution < 1.29 is 9.13 Å². The van der Waals surface area contributed by atoms with Crippen molar-refractivity contribution in [3.05, 3.63) is 66.0 Å². The average molecular weight is 345 g/mol. The van der Waals surface area contributed by atoms with Crippen LogP contribution in [0.15, 0.2) is 53.9 Å². The fourth-order valence-corrected chi connectivity index (χ4v) is 2.86. The molecule has 0 fully saturated rings. The van der Waals surface area contributed by atoms with Crippen LogP contribution in [0, 0.1) is 5.82 Å². The molecule has 0 saturated carbocycles. The number of ether oxygens (including phenoxy) is 1. The van der Waals surface area contributed by atoms with Gasteiger partial charge in [0.1, 0.15) is 18.2 Å². The van der Waals surface area contributed by atoms with Gasteiger partial charge in [-0.15, -0.1) is 10.2 Å². The molecule has 0 radical (unpaired) electrons. The van der Waals surface area contributed by atoms with Gasteiger partial charge in [0.15, 0.2) is 5.82 Å². The van der Waals surface area contributed by atoms with Crippen LogP contribution < -0.4 is 10.6 Å². The highest BCUT2D eigenvalue weighted by Gasteiger charge is 2.11. The van der Waals surface area contributed by atoms with Crippen molar-refractivity contribution in [2.45, 2.75) is 18.2 Å². The summed E-state index contributed by atoms with van der Waals surface area (Å²) in [4.78, 5) is 3.99. The molecule has 8 heteroatoms. The summed E-state index contributed by atoms with van der Waals surface area (Å²) >= 11 is 1.53. The van der Waals surface area contributed by atoms with Gasteiger partial charge in [-0.05, 0) is 48.4 Å². The molecule has 3 aromatic rings. The lowest BCUT2D eigenvalue weighted by molar-refractivity contribution is 0.291. The van der Waals surface area contributed by atoms with Crippen LogP contribution in [0.2, 0.25) is 0 Å². The number of thioether (sulfide) groups is 1. The molecule has 124 valence electrons. The Morgan fingerprint density at radius 3 is 2.58 bits per heavy atom. The van der Waals surface area contributed by atoms with Gasteiger partial charge in [-0.1, -0.05) is 11.8 Å². The van der Waals surface area contributed by atoms with Crippen molar-refractivity contribution in [3.8, 4) is 5.75 Å². The lowest BCUT2D eigenvalue weighted by Gasteiger charge is -2.06. The molecule has 0 saturated heterocycles. The van der Waals surface area contributed by atoms with Gasteiger partial charge >= 0.3 is 0 Å². The largest absolute Gasteiger partial charge is 0.486 e. The smallest absolute Gasteiger partial charge is 0.209 e. The Morgan fingerprint density at radius 1 is 1.08 bits per heavy atom. The van der Waals surface area contributed by atoms with Gasteiger partial charge in [-0.2, -0.15) is 0 Å². The van der Waals surface area contributed by atoms with Crippen molar-refractivity contribution in [3.63, 3.8) is 0 Å². The number of nitrogens with two attached hydrogens (primary N) is 1. The molecule has 24 heavy (non-hydrogen) atoms. The predicted molar refractivity (Wildman–Crippen MR) is 89.6 cm³/mol. The molecule has 0 aliphatic carbocycles. The maximum atomic E-state index is 12.9. The van der Waals surface area contributed by atoms with Gasteiger partial charge in [0.2, 0.25) is 5.16 Å². The Hall–Kier alpha value is -2.61. The van der Waals surface area contributed by atoms with Gasteiger partial charge in [0.05, 0.1) is 0 Å². The van der Waals surface area contributed by atoms with E-state index in [0.717, 1.165) is 12.2 Å². The molecule has 0 aliphatic heterocycles. The Labute approximate surface area is 142 Å². The van der Waals surface area contributed by atoms with Crippen LogP contribution in [-0.2, 0) is 13.0 Å². The van der Waals surface area contributed by atoms with Crippen molar-refractivity contribution in [1.82, 2.24) is 19.9 Å². The highest BCUT2D eigenvalue weighted by molar-refractivity contribution is 7.99. The van der Waals surface area contributed by atoms with E-state index in [1.54, 1.807) is 24.5 Å². The maximum Gasteiger partial charge on any atom is 0.209 e. The highest BCUT2D eigenvalue weighted by atomic mass is 32.2. The molecule has 0 amide bonds. The summed E-state index contributed by atoms with van der Waals surface area (Å²) < 4.78 is 19.8. The van der Waals surface area contributed by atoms with Gasteiger partial charge in [0, 0.05) is 18.1 Å². The molecular weight excluding hydrogens is 329 g/mol. The van der Waals surface area contributed by atoms with E-state index in [0.29, 0.717) is 16.7 Å². The summed E-state index contributed by atoms with van der Waals surface area (Å²) in [6.45, 7) is 0.167. The van der Waals surface area contributed by atoms with Crippen LogP contribution in [0.1, 0.15) is 11.4 Å². The number of aryl methyl sites for hydroxylation is 1. The van der Waals surface area contributed by atoms with E-state index in [1.807, 2.05) is 12.1 Å². The molecule has 0 aliphatic rings. The van der Waals surface area contributed by atoms with Crippen molar-refractivity contribution in [1.29, 1.82) is 0 Å². The van der Waals surface area contributed by atoms with Crippen LogP contribution in [0.25, 0.3) is 0 Å². The topological polar surface area (TPSA) is 78.9 Å². The minimum absolute atomic E-state index is 0.167. The number of pyridine rings is 1. The number of nitrogen functional groups attached to an aromatic ring is 1. The first-order valence-electron chi connectivity index (χ1n) is 7.32. The van der Waals surface area contributed by atoms with E-state index in [4.69, 9.17) is 10.6 Å². The van der Waals surface area contributed by atoms with Gasteiger partial charge in [0.25, 0.3) is 0 Å². The normalized spacial score (nSPS) is 10.7. The first kappa shape index (κ1) is 16.3. The second kappa shape index (κ2) is 7.78. The number of nitrogens with zero attached hydrogens (tertiary/aromatic N) is 4. The molecule has 2 heterocycles. The number of benzene rings is 1. The second-order valence-corrected chi connectivity index (χ2v) is 6.03. The number of halogens is 1. The summed E-state index contributed by atoms with van der Waals surface area (Å²) in [7, 11) is 0. The second-order valence-electron chi connectivity index (χ2n) is 4.97. The first-order valence-corrected chi connectivity index (χ1v) is 8.30. The summed E-state index contributed by atoms with van der Waals surface area (Å²) in [5, 5.41) is 8.73. The predicted octanol–water partition coefficient (Wildman–Crippen LogP) is 2.44. The van der Waals surface area contributed by atoms with Crippen LogP contribution in [0.4, 0.5) is 4.39 Å². The lowest BCUT2D eigenvalue weighted by Crippen LogP contribution is -2.16. The van der Waals surface area contributed by atoms with E-state index in [1.165, 1.54) is 34.1 Å². The standard InChI is InChI=1S/C16H16FN5OS/c17-13-1-3-14(4-2-13)23-11-15-20-21-16(22(15)18)24-10-7-12-5-8-19-9-6-12/h1-6,8-9H,7,10-11,18H2. The van der Waals surface area contributed by atoms with E-state index in [-0.39, 0.29) is 12.4 Å². The van der Waals surface area contributed by atoms with E-state index >= 15 is 0 Å². The molecular formula is C16H16FN5OS. The molecule has 1 aromatic carbocycles. The van der Waals surface area contributed by atoms with Gasteiger partial charge in [-0.25, -0.2) is 9.07 Å². The van der Waals surface area contributed by atoms with Crippen molar-refractivity contribution in [2.75, 3.05) is 11.6 Å². The van der Waals surface area contributed by atoms with Crippen LogP contribution in [0.3, 0.4) is 0 Å². The Kier molecular flexibility index (Phi) is 5.27. The number of hydrogen-bond donors (Lipinski definition) is 1. The quantitative estimate of drug-likeness (QED) is 0.523. The van der Waals surface area contributed by atoms with Gasteiger partial charge in [-0.3, -0.25) is 4.98 Å².